The van der Waals surface area contributed by atoms with Crippen molar-refractivity contribution in [2.45, 2.75) is 38.1 Å². The second-order valence-corrected chi connectivity index (χ2v) is 5.69. The number of piperidine rings is 1. The fraction of sp³-hybridized carbons (Fsp3) is 0.867. The van der Waals surface area contributed by atoms with Crippen molar-refractivity contribution in [2.24, 2.45) is 5.92 Å². The van der Waals surface area contributed by atoms with Crippen molar-refractivity contribution in [2.75, 3.05) is 39.9 Å². The quantitative estimate of drug-likeness (QED) is 0.732. The van der Waals surface area contributed by atoms with E-state index in [0.717, 1.165) is 19.1 Å². The highest BCUT2D eigenvalue weighted by molar-refractivity contribution is 4.91. The molecule has 2 rings (SSSR count). The van der Waals surface area contributed by atoms with E-state index in [9.17, 15) is 0 Å². The maximum Gasteiger partial charge on any atom is 0.0589 e. The van der Waals surface area contributed by atoms with Crippen LogP contribution in [0, 0.1) is 5.92 Å². The Hall–Kier alpha value is -0.380. The van der Waals surface area contributed by atoms with E-state index in [1.54, 1.807) is 7.11 Å². The molecule has 0 aromatic heterocycles. The van der Waals surface area contributed by atoms with Crippen molar-refractivity contribution in [1.29, 1.82) is 0 Å². The molecule has 104 valence electrons. The van der Waals surface area contributed by atoms with Gasteiger partial charge in [0.25, 0.3) is 0 Å². The summed E-state index contributed by atoms with van der Waals surface area (Å²) in [6.45, 7) is 5.59. The molecule has 1 fully saturated rings. The first kappa shape index (κ1) is 14.0. The number of allylic oxidation sites excluding steroid dienone is 2. The molecule has 3 nitrogen and oxygen atoms in total. The first-order valence-corrected chi connectivity index (χ1v) is 7.48. The number of nitrogens with one attached hydrogen (secondary N) is 1. The van der Waals surface area contributed by atoms with E-state index in [1.165, 1.54) is 51.7 Å². The normalized spacial score (nSPS) is 29.6. The van der Waals surface area contributed by atoms with Crippen LogP contribution in [0.15, 0.2) is 12.2 Å². The standard InChI is InChI=1S/C15H28N2O/c1-18-11-10-17-9-5-8-15(13-17)16-12-14-6-3-2-4-7-14/h2-3,14-16H,4-13H2,1H3. The van der Waals surface area contributed by atoms with Crippen LogP contribution in [-0.2, 0) is 4.74 Å². The summed E-state index contributed by atoms with van der Waals surface area (Å²) >= 11 is 0. The fourth-order valence-corrected chi connectivity index (χ4v) is 3.02. The maximum absolute atomic E-state index is 5.17. The molecule has 0 radical (unpaired) electrons. The van der Waals surface area contributed by atoms with Gasteiger partial charge in [0.15, 0.2) is 0 Å². The molecule has 2 atom stereocenters. The van der Waals surface area contributed by atoms with Crippen molar-refractivity contribution < 1.29 is 4.74 Å². The molecule has 1 N–H and O–H groups in total. The maximum atomic E-state index is 5.17. The molecule has 1 saturated heterocycles. The Bertz CT molecular complexity index is 255. The highest BCUT2D eigenvalue weighted by Crippen LogP contribution is 2.18. The Morgan fingerprint density at radius 1 is 1.33 bits per heavy atom. The predicted molar refractivity (Wildman–Crippen MR) is 75.8 cm³/mol. The molecule has 0 saturated carbocycles. The molecule has 0 bridgehead atoms. The van der Waals surface area contributed by atoms with Gasteiger partial charge in [-0.2, -0.15) is 0 Å². The zero-order valence-corrected chi connectivity index (χ0v) is 11.7. The molecule has 1 aliphatic heterocycles. The van der Waals surface area contributed by atoms with Gasteiger partial charge in [-0.3, -0.25) is 4.90 Å². The Balaban J connectivity index is 1.64. The lowest BCUT2D eigenvalue weighted by Gasteiger charge is -2.34. The van der Waals surface area contributed by atoms with Crippen LogP contribution in [0.25, 0.3) is 0 Å². The summed E-state index contributed by atoms with van der Waals surface area (Å²) in [6.07, 6.45) is 11.2. The second-order valence-electron chi connectivity index (χ2n) is 5.69. The molecule has 1 aliphatic carbocycles. The average Bonchev–Trinajstić information content (AvgIpc) is 2.44. The van der Waals surface area contributed by atoms with Gasteiger partial charge in [-0.15, -0.1) is 0 Å². The number of hydrogen-bond donors (Lipinski definition) is 1. The van der Waals surface area contributed by atoms with E-state index in [-0.39, 0.29) is 0 Å². The zero-order chi connectivity index (χ0) is 12.6. The molecule has 0 aromatic rings. The minimum Gasteiger partial charge on any atom is -0.383 e. The van der Waals surface area contributed by atoms with Crippen LogP contribution >= 0.6 is 0 Å². The second kappa shape index (κ2) is 7.93. The molecule has 2 unspecified atom stereocenters. The minimum atomic E-state index is 0.696. The van der Waals surface area contributed by atoms with E-state index < -0.39 is 0 Å². The van der Waals surface area contributed by atoms with Gasteiger partial charge in [-0.05, 0) is 51.1 Å². The molecule has 0 spiro atoms. The number of ether oxygens (including phenoxy) is 1. The lowest BCUT2D eigenvalue weighted by molar-refractivity contribution is 0.121. The molecule has 3 heteroatoms. The molecule has 1 heterocycles. The van der Waals surface area contributed by atoms with E-state index in [1.807, 2.05) is 0 Å². The van der Waals surface area contributed by atoms with Crippen molar-refractivity contribution in [3.63, 3.8) is 0 Å². The van der Waals surface area contributed by atoms with Crippen LogP contribution in [0.5, 0.6) is 0 Å². The van der Waals surface area contributed by atoms with Gasteiger partial charge in [0.1, 0.15) is 0 Å². The summed E-state index contributed by atoms with van der Waals surface area (Å²) in [5, 5.41) is 3.78. The Kier molecular flexibility index (Phi) is 6.18. The molecule has 18 heavy (non-hydrogen) atoms. The molecular weight excluding hydrogens is 224 g/mol. The molecule has 2 aliphatic rings. The summed E-state index contributed by atoms with van der Waals surface area (Å²) in [7, 11) is 1.79. The van der Waals surface area contributed by atoms with Gasteiger partial charge in [0.05, 0.1) is 6.61 Å². The van der Waals surface area contributed by atoms with Gasteiger partial charge in [-0.1, -0.05) is 12.2 Å². The summed E-state index contributed by atoms with van der Waals surface area (Å²) in [5.74, 6) is 0.865. The number of hydrogen-bond acceptors (Lipinski definition) is 3. The Labute approximate surface area is 112 Å². The van der Waals surface area contributed by atoms with Crippen LogP contribution in [-0.4, -0.2) is 50.8 Å². The smallest absolute Gasteiger partial charge is 0.0589 e. The number of nitrogens with zero attached hydrogens (tertiary/aromatic N) is 1. The van der Waals surface area contributed by atoms with Gasteiger partial charge in [0, 0.05) is 26.2 Å². The van der Waals surface area contributed by atoms with Gasteiger partial charge in [0.2, 0.25) is 0 Å². The van der Waals surface area contributed by atoms with Crippen molar-refractivity contribution in [3.8, 4) is 0 Å². The van der Waals surface area contributed by atoms with Crippen LogP contribution in [0.1, 0.15) is 32.1 Å². The van der Waals surface area contributed by atoms with Crippen LogP contribution in [0.4, 0.5) is 0 Å². The third kappa shape index (κ3) is 4.71. The Morgan fingerprint density at radius 3 is 3.06 bits per heavy atom. The predicted octanol–water partition coefficient (Wildman–Crippen LogP) is 2.04. The van der Waals surface area contributed by atoms with Gasteiger partial charge < -0.3 is 10.1 Å². The van der Waals surface area contributed by atoms with Crippen molar-refractivity contribution >= 4 is 0 Å². The first-order chi connectivity index (χ1) is 8.88. The Morgan fingerprint density at radius 2 is 2.28 bits per heavy atom. The topological polar surface area (TPSA) is 24.5 Å². The van der Waals surface area contributed by atoms with E-state index in [4.69, 9.17) is 4.74 Å². The highest BCUT2D eigenvalue weighted by Gasteiger charge is 2.20. The SMILES string of the molecule is COCCN1CCCC(NCC2CC=CCC2)C1. The lowest BCUT2D eigenvalue weighted by Crippen LogP contribution is -2.47. The van der Waals surface area contributed by atoms with Crippen molar-refractivity contribution in [3.05, 3.63) is 12.2 Å². The third-order valence-electron chi connectivity index (χ3n) is 4.19. The van der Waals surface area contributed by atoms with Crippen molar-refractivity contribution in [1.82, 2.24) is 10.2 Å². The third-order valence-corrected chi connectivity index (χ3v) is 4.19. The zero-order valence-electron chi connectivity index (χ0n) is 11.7. The lowest BCUT2D eigenvalue weighted by atomic mass is 9.94. The summed E-state index contributed by atoms with van der Waals surface area (Å²) in [6, 6.07) is 0.696. The van der Waals surface area contributed by atoms with E-state index >= 15 is 0 Å². The van der Waals surface area contributed by atoms with Gasteiger partial charge >= 0.3 is 0 Å². The van der Waals surface area contributed by atoms with Crippen LogP contribution in [0.3, 0.4) is 0 Å². The minimum absolute atomic E-state index is 0.696. The molecule has 0 amide bonds. The van der Waals surface area contributed by atoms with Crippen LogP contribution < -0.4 is 5.32 Å². The highest BCUT2D eigenvalue weighted by atomic mass is 16.5. The summed E-state index contributed by atoms with van der Waals surface area (Å²) in [4.78, 5) is 2.53. The van der Waals surface area contributed by atoms with Gasteiger partial charge in [-0.25, -0.2) is 0 Å². The number of likely N-dealkylation sites (tertiary alicyclic amines) is 1. The average molecular weight is 252 g/mol. The van der Waals surface area contributed by atoms with E-state index in [2.05, 4.69) is 22.4 Å². The number of rotatable bonds is 6. The number of methoxy groups -OCH3 is 1. The van der Waals surface area contributed by atoms with Crippen LogP contribution in [0.2, 0.25) is 0 Å². The molecule has 0 aromatic carbocycles. The first-order valence-electron chi connectivity index (χ1n) is 7.48. The summed E-state index contributed by atoms with van der Waals surface area (Å²) in [5.41, 5.74) is 0. The monoisotopic (exact) mass is 252 g/mol. The molecular formula is C15H28N2O. The fourth-order valence-electron chi connectivity index (χ4n) is 3.02. The summed E-state index contributed by atoms with van der Waals surface area (Å²) < 4.78 is 5.17. The van der Waals surface area contributed by atoms with E-state index in [0.29, 0.717) is 6.04 Å². The largest absolute Gasteiger partial charge is 0.383 e.